The molecule has 102 valence electrons. The van der Waals surface area contributed by atoms with Gasteiger partial charge >= 0.3 is 0 Å². The molecule has 0 radical (unpaired) electrons. The molecular formula is C13H26O3S. The summed E-state index contributed by atoms with van der Waals surface area (Å²) in [5, 5.41) is -0.175. The Morgan fingerprint density at radius 2 is 1.59 bits per heavy atom. The Bertz CT molecular complexity index is 336. The predicted octanol–water partition coefficient (Wildman–Crippen LogP) is 2.79. The van der Waals surface area contributed by atoms with Crippen molar-refractivity contribution in [2.24, 2.45) is 5.92 Å². The minimum absolute atomic E-state index is 0.146. The summed E-state index contributed by atoms with van der Waals surface area (Å²) in [4.78, 5) is 0. The van der Waals surface area contributed by atoms with Crippen LogP contribution in [0.4, 0.5) is 0 Å². The van der Waals surface area contributed by atoms with Crippen molar-refractivity contribution in [3.63, 3.8) is 0 Å². The zero-order valence-corrected chi connectivity index (χ0v) is 12.5. The van der Waals surface area contributed by atoms with Gasteiger partial charge in [-0.1, -0.05) is 13.8 Å². The van der Waals surface area contributed by atoms with Crippen molar-refractivity contribution in [2.75, 3.05) is 7.11 Å². The van der Waals surface area contributed by atoms with Crippen LogP contribution in [-0.2, 0) is 14.6 Å². The lowest BCUT2D eigenvalue weighted by Gasteiger charge is -2.36. The van der Waals surface area contributed by atoms with Crippen LogP contribution in [0.15, 0.2) is 0 Å². The largest absolute Gasteiger partial charge is 0.381 e. The molecule has 0 N–H and O–H groups in total. The molecule has 3 nitrogen and oxygen atoms in total. The van der Waals surface area contributed by atoms with E-state index in [2.05, 4.69) is 0 Å². The quantitative estimate of drug-likeness (QED) is 0.782. The molecule has 4 heteroatoms. The van der Waals surface area contributed by atoms with Crippen molar-refractivity contribution in [3.8, 4) is 0 Å². The van der Waals surface area contributed by atoms with Gasteiger partial charge in [0.15, 0.2) is 9.84 Å². The lowest BCUT2D eigenvalue weighted by Crippen LogP contribution is -2.45. The first-order valence-corrected chi connectivity index (χ1v) is 8.04. The molecule has 0 spiro atoms. The Morgan fingerprint density at radius 1 is 1.12 bits per heavy atom. The molecule has 0 amide bonds. The summed E-state index contributed by atoms with van der Waals surface area (Å²) < 4.78 is 29.9. The monoisotopic (exact) mass is 262 g/mol. The fourth-order valence-electron chi connectivity index (χ4n) is 2.34. The number of rotatable bonds is 4. The highest BCUT2D eigenvalue weighted by atomic mass is 32.2. The summed E-state index contributed by atoms with van der Waals surface area (Å²) in [6.45, 7) is 7.68. The summed E-state index contributed by atoms with van der Waals surface area (Å²) in [5.74, 6) is 0.146. The van der Waals surface area contributed by atoms with Gasteiger partial charge in [0.2, 0.25) is 0 Å². The highest BCUT2D eigenvalue weighted by Gasteiger charge is 2.43. The zero-order chi connectivity index (χ0) is 13.3. The predicted molar refractivity (Wildman–Crippen MR) is 70.9 cm³/mol. The number of ether oxygens (including phenoxy) is 1. The van der Waals surface area contributed by atoms with Crippen molar-refractivity contribution in [3.05, 3.63) is 0 Å². The normalized spacial score (nSPS) is 27.4. The average molecular weight is 262 g/mol. The molecule has 0 bridgehead atoms. The van der Waals surface area contributed by atoms with Gasteiger partial charge in [-0.2, -0.15) is 0 Å². The lowest BCUT2D eigenvalue weighted by molar-refractivity contribution is 0.0715. The van der Waals surface area contributed by atoms with Gasteiger partial charge in [-0.15, -0.1) is 0 Å². The van der Waals surface area contributed by atoms with E-state index in [0.29, 0.717) is 0 Å². The molecule has 1 fully saturated rings. The smallest absolute Gasteiger partial charge is 0.158 e. The Kier molecular flexibility index (Phi) is 4.64. The maximum Gasteiger partial charge on any atom is 0.158 e. The van der Waals surface area contributed by atoms with Gasteiger partial charge in [0.05, 0.1) is 16.1 Å². The van der Waals surface area contributed by atoms with E-state index in [9.17, 15) is 8.42 Å². The number of methoxy groups -OCH3 is 1. The number of hydrogen-bond acceptors (Lipinski definition) is 3. The van der Waals surface area contributed by atoms with E-state index >= 15 is 0 Å². The van der Waals surface area contributed by atoms with Crippen LogP contribution in [0.1, 0.15) is 53.4 Å². The number of hydrogen-bond donors (Lipinski definition) is 0. The van der Waals surface area contributed by atoms with E-state index in [1.807, 2.05) is 27.7 Å². The van der Waals surface area contributed by atoms with Gasteiger partial charge in [0, 0.05) is 7.11 Å². The van der Waals surface area contributed by atoms with E-state index in [0.717, 1.165) is 25.7 Å². The Labute approximate surface area is 106 Å². The van der Waals surface area contributed by atoms with Gasteiger partial charge in [0.1, 0.15) is 0 Å². The van der Waals surface area contributed by atoms with Crippen LogP contribution in [0.5, 0.6) is 0 Å². The van der Waals surface area contributed by atoms with Crippen molar-refractivity contribution >= 4 is 9.84 Å². The first kappa shape index (κ1) is 15.0. The van der Waals surface area contributed by atoms with E-state index < -0.39 is 14.6 Å². The molecular weight excluding hydrogens is 236 g/mol. The average Bonchev–Trinajstić information content (AvgIpc) is 2.28. The topological polar surface area (TPSA) is 43.4 Å². The highest BCUT2D eigenvalue weighted by Crippen LogP contribution is 2.35. The van der Waals surface area contributed by atoms with Crippen molar-refractivity contribution in [2.45, 2.75) is 69.5 Å². The summed E-state index contributed by atoms with van der Waals surface area (Å²) in [6.07, 6.45) is 3.49. The summed E-state index contributed by atoms with van der Waals surface area (Å²) in [5.41, 5.74) is 0. The SMILES string of the molecule is COC1CCC(S(=O)(=O)C(C)(C)C(C)C)CC1. The molecule has 0 unspecified atom stereocenters. The first-order chi connectivity index (χ1) is 7.73. The maximum atomic E-state index is 12.6. The molecule has 0 atom stereocenters. The molecule has 0 heterocycles. The van der Waals surface area contributed by atoms with Gasteiger partial charge in [-0.25, -0.2) is 8.42 Å². The molecule has 0 aliphatic heterocycles. The molecule has 0 aromatic rings. The molecule has 0 aromatic heterocycles. The van der Waals surface area contributed by atoms with Crippen LogP contribution in [0, 0.1) is 5.92 Å². The maximum absolute atomic E-state index is 12.6. The fourth-order valence-corrected chi connectivity index (χ4v) is 4.75. The highest BCUT2D eigenvalue weighted by molar-refractivity contribution is 7.93. The van der Waals surface area contributed by atoms with Crippen molar-refractivity contribution in [1.82, 2.24) is 0 Å². The Balaban J connectivity index is 2.80. The minimum atomic E-state index is -3.05. The van der Waals surface area contributed by atoms with Crippen LogP contribution >= 0.6 is 0 Å². The third-order valence-electron chi connectivity index (χ3n) is 4.52. The molecule has 1 aliphatic carbocycles. The molecule has 0 aromatic carbocycles. The van der Waals surface area contributed by atoms with E-state index in [1.165, 1.54) is 0 Å². The Morgan fingerprint density at radius 3 is 1.94 bits per heavy atom. The second-order valence-electron chi connectivity index (χ2n) is 5.94. The van der Waals surface area contributed by atoms with Crippen molar-refractivity contribution < 1.29 is 13.2 Å². The van der Waals surface area contributed by atoms with Gasteiger partial charge in [-0.3, -0.25) is 0 Å². The second-order valence-corrected chi connectivity index (χ2v) is 8.75. The van der Waals surface area contributed by atoms with Crippen LogP contribution in [0.25, 0.3) is 0 Å². The van der Waals surface area contributed by atoms with Crippen LogP contribution in [-0.4, -0.2) is 31.6 Å². The van der Waals surface area contributed by atoms with Crippen LogP contribution in [0.3, 0.4) is 0 Å². The molecule has 1 rings (SSSR count). The van der Waals surface area contributed by atoms with Gasteiger partial charge in [0.25, 0.3) is 0 Å². The standard InChI is InChI=1S/C13H26O3S/c1-10(2)13(3,4)17(14,15)12-8-6-11(16-5)7-9-12/h10-12H,6-9H2,1-5H3. The van der Waals surface area contributed by atoms with Gasteiger partial charge in [-0.05, 0) is 45.4 Å². The van der Waals surface area contributed by atoms with Crippen LogP contribution < -0.4 is 0 Å². The zero-order valence-electron chi connectivity index (χ0n) is 11.7. The fraction of sp³-hybridized carbons (Fsp3) is 1.00. The van der Waals surface area contributed by atoms with Crippen molar-refractivity contribution in [1.29, 1.82) is 0 Å². The molecule has 17 heavy (non-hydrogen) atoms. The summed E-state index contributed by atoms with van der Waals surface area (Å²) in [6, 6.07) is 0. The third-order valence-corrected chi connectivity index (χ3v) is 7.80. The van der Waals surface area contributed by atoms with E-state index in [-0.39, 0.29) is 17.3 Å². The molecule has 0 saturated heterocycles. The minimum Gasteiger partial charge on any atom is -0.381 e. The third kappa shape index (κ3) is 2.84. The molecule has 1 aliphatic rings. The lowest BCUT2D eigenvalue weighted by atomic mass is 9.97. The van der Waals surface area contributed by atoms with Crippen LogP contribution in [0.2, 0.25) is 0 Å². The van der Waals surface area contributed by atoms with Gasteiger partial charge < -0.3 is 4.74 Å². The van der Waals surface area contributed by atoms with E-state index in [1.54, 1.807) is 7.11 Å². The van der Waals surface area contributed by atoms with E-state index in [4.69, 9.17) is 4.74 Å². The molecule has 1 saturated carbocycles. The number of sulfone groups is 1. The summed E-state index contributed by atoms with van der Waals surface area (Å²) >= 11 is 0. The second kappa shape index (κ2) is 5.27. The first-order valence-electron chi connectivity index (χ1n) is 6.49. The summed E-state index contributed by atoms with van der Waals surface area (Å²) in [7, 11) is -1.34. The Hall–Kier alpha value is -0.0900.